The molecule has 0 bridgehead atoms. The minimum atomic E-state index is 0.335. The Morgan fingerprint density at radius 3 is 2.76 bits per heavy atom. The summed E-state index contributed by atoms with van der Waals surface area (Å²) in [6, 6.07) is 0. The maximum absolute atomic E-state index is 5.83. The van der Waals surface area contributed by atoms with Gasteiger partial charge in [-0.05, 0) is 57.7 Å². The summed E-state index contributed by atoms with van der Waals surface area (Å²) in [5.41, 5.74) is 0.335. The Kier molecular flexibility index (Phi) is 7.44. The SMILES string of the molecule is CCCNCC1(CN2CCC(COC)CC2)CCCOC1. The van der Waals surface area contributed by atoms with Gasteiger partial charge in [-0.25, -0.2) is 0 Å². The van der Waals surface area contributed by atoms with Crippen molar-refractivity contribution in [3.8, 4) is 0 Å². The predicted molar refractivity (Wildman–Crippen MR) is 86.7 cm³/mol. The van der Waals surface area contributed by atoms with Gasteiger partial charge in [-0.2, -0.15) is 0 Å². The summed E-state index contributed by atoms with van der Waals surface area (Å²) in [6.07, 6.45) is 6.30. The minimum absolute atomic E-state index is 0.335. The van der Waals surface area contributed by atoms with Crippen molar-refractivity contribution in [3.05, 3.63) is 0 Å². The lowest BCUT2D eigenvalue weighted by molar-refractivity contribution is -0.0324. The quantitative estimate of drug-likeness (QED) is 0.696. The van der Waals surface area contributed by atoms with Crippen molar-refractivity contribution >= 4 is 0 Å². The van der Waals surface area contributed by atoms with E-state index in [0.29, 0.717) is 5.41 Å². The van der Waals surface area contributed by atoms with Crippen molar-refractivity contribution in [2.75, 3.05) is 59.7 Å². The highest BCUT2D eigenvalue weighted by molar-refractivity contribution is 4.88. The molecule has 0 aromatic heterocycles. The van der Waals surface area contributed by atoms with E-state index in [-0.39, 0.29) is 0 Å². The number of ether oxygens (including phenoxy) is 2. The number of methoxy groups -OCH3 is 1. The fourth-order valence-electron chi connectivity index (χ4n) is 3.78. The first kappa shape index (κ1) is 17.2. The Balaban J connectivity index is 1.81. The van der Waals surface area contributed by atoms with Crippen LogP contribution >= 0.6 is 0 Å². The van der Waals surface area contributed by atoms with Crippen LogP contribution < -0.4 is 5.32 Å². The number of likely N-dealkylation sites (tertiary alicyclic amines) is 1. The van der Waals surface area contributed by atoms with Gasteiger partial charge < -0.3 is 19.7 Å². The zero-order chi connectivity index (χ0) is 15.0. The molecule has 0 aliphatic carbocycles. The molecular weight excluding hydrogens is 264 g/mol. The van der Waals surface area contributed by atoms with E-state index >= 15 is 0 Å². The predicted octanol–water partition coefficient (Wildman–Crippen LogP) is 2.14. The van der Waals surface area contributed by atoms with E-state index in [1.54, 1.807) is 0 Å². The molecule has 1 atom stereocenters. The molecule has 2 saturated heterocycles. The Labute approximate surface area is 130 Å². The van der Waals surface area contributed by atoms with E-state index in [2.05, 4.69) is 17.1 Å². The average Bonchev–Trinajstić information content (AvgIpc) is 2.51. The highest BCUT2D eigenvalue weighted by Crippen LogP contribution is 2.31. The van der Waals surface area contributed by atoms with Crippen LogP contribution in [-0.4, -0.2) is 64.6 Å². The van der Waals surface area contributed by atoms with Crippen molar-refractivity contribution in [2.24, 2.45) is 11.3 Å². The number of nitrogens with one attached hydrogen (secondary N) is 1. The van der Waals surface area contributed by atoms with Crippen LogP contribution in [0.1, 0.15) is 39.0 Å². The fraction of sp³-hybridized carbons (Fsp3) is 1.00. The van der Waals surface area contributed by atoms with Gasteiger partial charge in [0.15, 0.2) is 0 Å². The second-order valence-corrected chi connectivity index (χ2v) is 7.01. The van der Waals surface area contributed by atoms with E-state index in [0.717, 1.165) is 38.8 Å². The van der Waals surface area contributed by atoms with Gasteiger partial charge in [0.2, 0.25) is 0 Å². The number of rotatable bonds is 8. The second-order valence-electron chi connectivity index (χ2n) is 7.01. The molecule has 2 rings (SSSR count). The smallest absolute Gasteiger partial charge is 0.0546 e. The number of hydrogen-bond acceptors (Lipinski definition) is 4. The van der Waals surface area contributed by atoms with Crippen LogP contribution in [0.2, 0.25) is 0 Å². The fourth-order valence-corrected chi connectivity index (χ4v) is 3.78. The highest BCUT2D eigenvalue weighted by Gasteiger charge is 2.35. The maximum Gasteiger partial charge on any atom is 0.0546 e. The van der Waals surface area contributed by atoms with Gasteiger partial charge in [0.05, 0.1) is 6.61 Å². The first-order valence-electron chi connectivity index (χ1n) is 8.78. The van der Waals surface area contributed by atoms with Crippen molar-refractivity contribution in [2.45, 2.75) is 39.0 Å². The van der Waals surface area contributed by atoms with Crippen molar-refractivity contribution in [1.29, 1.82) is 0 Å². The lowest BCUT2D eigenvalue weighted by Crippen LogP contribution is -2.50. The Morgan fingerprint density at radius 1 is 1.33 bits per heavy atom. The molecule has 4 heteroatoms. The summed E-state index contributed by atoms with van der Waals surface area (Å²) in [5.74, 6) is 0.767. The summed E-state index contributed by atoms with van der Waals surface area (Å²) in [7, 11) is 1.82. The molecule has 1 unspecified atom stereocenters. The van der Waals surface area contributed by atoms with Crippen LogP contribution in [0.25, 0.3) is 0 Å². The molecule has 4 nitrogen and oxygen atoms in total. The summed E-state index contributed by atoms with van der Waals surface area (Å²) < 4.78 is 11.1. The normalized spacial score (nSPS) is 28.9. The van der Waals surface area contributed by atoms with Crippen LogP contribution in [-0.2, 0) is 9.47 Å². The molecule has 2 heterocycles. The van der Waals surface area contributed by atoms with Crippen LogP contribution in [0.5, 0.6) is 0 Å². The lowest BCUT2D eigenvalue weighted by atomic mass is 9.81. The summed E-state index contributed by atoms with van der Waals surface area (Å²) >= 11 is 0. The summed E-state index contributed by atoms with van der Waals surface area (Å²) in [4.78, 5) is 2.66. The molecule has 0 aromatic carbocycles. The molecule has 1 N–H and O–H groups in total. The first-order chi connectivity index (χ1) is 10.3. The molecule has 2 aliphatic heterocycles. The molecule has 0 aromatic rings. The van der Waals surface area contributed by atoms with Gasteiger partial charge in [-0.3, -0.25) is 0 Å². The van der Waals surface area contributed by atoms with Gasteiger partial charge in [0.25, 0.3) is 0 Å². The Bertz CT molecular complexity index is 272. The van der Waals surface area contributed by atoms with Gasteiger partial charge in [0.1, 0.15) is 0 Å². The van der Waals surface area contributed by atoms with Crippen molar-refractivity contribution < 1.29 is 9.47 Å². The molecule has 2 fully saturated rings. The summed E-state index contributed by atoms with van der Waals surface area (Å²) in [6.45, 7) is 10.9. The second kappa shape index (κ2) is 9.09. The standard InChI is InChI=1S/C17H34N2O2/c1-3-8-18-13-17(7-4-11-21-15-17)14-19-9-5-16(6-10-19)12-20-2/h16,18H,3-15H2,1-2H3. The Hall–Kier alpha value is -0.160. The van der Waals surface area contributed by atoms with Gasteiger partial charge in [0, 0.05) is 38.8 Å². The van der Waals surface area contributed by atoms with E-state index in [4.69, 9.17) is 9.47 Å². The number of piperidine rings is 1. The molecule has 0 amide bonds. The molecule has 0 saturated carbocycles. The van der Waals surface area contributed by atoms with Crippen molar-refractivity contribution in [3.63, 3.8) is 0 Å². The molecule has 124 valence electrons. The van der Waals surface area contributed by atoms with Gasteiger partial charge >= 0.3 is 0 Å². The zero-order valence-corrected chi connectivity index (χ0v) is 14.0. The molecule has 0 spiro atoms. The first-order valence-corrected chi connectivity index (χ1v) is 8.78. The van der Waals surface area contributed by atoms with Crippen LogP contribution in [0.4, 0.5) is 0 Å². The average molecular weight is 298 g/mol. The molecule has 21 heavy (non-hydrogen) atoms. The topological polar surface area (TPSA) is 33.7 Å². The highest BCUT2D eigenvalue weighted by atomic mass is 16.5. The zero-order valence-electron chi connectivity index (χ0n) is 14.0. The summed E-state index contributed by atoms with van der Waals surface area (Å²) in [5, 5.41) is 3.64. The molecular formula is C17H34N2O2. The third kappa shape index (κ3) is 5.51. The third-order valence-corrected chi connectivity index (χ3v) is 5.00. The van der Waals surface area contributed by atoms with Gasteiger partial charge in [-0.15, -0.1) is 0 Å². The number of hydrogen-bond donors (Lipinski definition) is 1. The largest absolute Gasteiger partial charge is 0.384 e. The van der Waals surface area contributed by atoms with E-state index in [1.165, 1.54) is 51.7 Å². The van der Waals surface area contributed by atoms with Crippen molar-refractivity contribution in [1.82, 2.24) is 10.2 Å². The number of nitrogens with zero attached hydrogens (tertiary/aromatic N) is 1. The molecule has 0 radical (unpaired) electrons. The van der Waals surface area contributed by atoms with E-state index in [1.807, 2.05) is 7.11 Å². The lowest BCUT2D eigenvalue weighted by Gasteiger charge is -2.43. The van der Waals surface area contributed by atoms with Crippen LogP contribution in [0, 0.1) is 11.3 Å². The maximum atomic E-state index is 5.83. The minimum Gasteiger partial charge on any atom is -0.384 e. The third-order valence-electron chi connectivity index (χ3n) is 5.00. The van der Waals surface area contributed by atoms with Crippen LogP contribution in [0.15, 0.2) is 0 Å². The van der Waals surface area contributed by atoms with Crippen LogP contribution in [0.3, 0.4) is 0 Å². The van der Waals surface area contributed by atoms with E-state index < -0.39 is 0 Å². The molecule has 2 aliphatic rings. The Morgan fingerprint density at radius 2 is 2.14 bits per heavy atom. The van der Waals surface area contributed by atoms with E-state index in [9.17, 15) is 0 Å². The van der Waals surface area contributed by atoms with Gasteiger partial charge in [-0.1, -0.05) is 6.92 Å². The monoisotopic (exact) mass is 298 g/mol.